The summed E-state index contributed by atoms with van der Waals surface area (Å²) < 4.78 is 5.05. The Bertz CT molecular complexity index is 484. The van der Waals surface area contributed by atoms with Crippen LogP contribution in [0.15, 0.2) is 35.2 Å². The van der Waals surface area contributed by atoms with Crippen LogP contribution in [0.3, 0.4) is 0 Å². The van der Waals surface area contributed by atoms with E-state index in [1.165, 1.54) is 43.9 Å². The second-order valence-electron chi connectivity index (χ2n) is 5.87. The van der Waals surface area contributed by atoms with E-state index in [9.17, 15) is 9.59 Å². The highest BCUT2D eigenvalue weighted by atomic mass is 32.2. The van der Waals surface area contributed by atoms with Crippen LogP contribution in [0.5, 0.6) is 0 Å². The van der Waals surface area contributed by atoms with Gasteiger partial charge >= 0.3 is 5.97 Å². The van der Waals surface area contributed by atoms with Gasteiger partial charge in [-0.1, -0.05) is 50.3 Å². The SMILES string of the molecule is O=C(COC(=O)CSc1ccccc1)NC1CCCCCCC1. The molecule has 5 heteroatoms. The van der Waals surface area contributed by atoms with Crippen molar-refractivity contribution in [2.24, 2.45) is 0 Å². The van der Waals surface area contributed by atoms with Gasteiger partial charge in [0.05, 0.1) is 5.75 Å². The van der Waals surface area contributed by atoms with Crippen LogP contribution in [0.2, 0.25) is 0 Å². The van der Waals surface area contributed by atoms with E-state index in [1.807, 2.05) is 30.3 Å². The van der Waals surface area contributed by atoms with Gasteiger partial charge in [-0.05, 0) is 25.0 Å². The first kappa shape index (κ1) is 17.9. The highest BCUT2D eigenvalue weighted by molar-refractivity contribution is 8.00. The number of esters is 1. The molecule has 0 aliphatic heterocycles. The number of amides is 1. The number of carbonyl (C=O) groups excluding carboxylic acids is 2. The summed E-state index contributed by atoms with van der Waals surface area (Å²) in [4.78, 5) is 24.6. The van der Waals surface area contributed by atoms with Crippen molar-refractivity contribution >= 4 is 23.6 Å². The van der Waals surface area contributed by atoms with E-state index < -0.39 is 0 Å². The lowest BCUT2D eigenvalue weighted by Crippen LogP contribution is -2.38. The molecule has 1 aliphatic carbocycles. The smallest absolute Gasteiger partial charge is 0.316 e. The van der Waals surface area contributed by atoms with Gasteiger partial charge in [-0.15, -0.1) is 11.8 Å². The fourth-order valence-electron chi connectivity index (χ4n) is 2.72. The summed E-state index contributed by atoms with van der Waals surface area (Å²) in [6, 6.07) is 9.91. The average Bonchev–Trinajstić information content (AvgIpc) is 2.54. The first-order valence-corrected chi connectivity index (χ1v) is 9.35. The summed E-state index contributed by atoms with van der Waals surface area (Å²) in [7, 11) is 0. The van der Waals surface area contributed by atoms with Crippen LogP contribution < -0.4 is 5.32 Å². The third-order valence-electron chi connectivity index (χ3n) is 3.93. The normalized spacial score (nSPS) is 16.2. The van der Waals surface area contributed by atoms with Crippen molar-refractivity contribution in [2.45, 2.75) is 55.9 Å². The predicted octanol–water partition coefficient (Wildman–Crippen LogP) is 3.55. The quantitative estimate of drug-likeness (QED) is 0.638. The van der Waals surface area contributed by atoms with Crippen LogP contribution in [0, 0.1) is 0 Å². The Kier molecular flexibility index (Phi) is 8.01. The maximum atomic E-state index is 11.9. The zero-order valence-corrected chi connectivity index (χ0v) is 14.3. The Hall–Kier alpha value is -1.49. The van der Waals surface area contributed by atoms with E-state index in [0.717, 1.165) is 17.7 Å². The summed E-state index contributed by atoms with van der Waals surface area (Å²) in [6.45, 7) is -0.176. The lowest BCUT2D eigenvalue weighted by molar-refractivity contribution is -0.146. The van der Waals surface area contributed by atoms with Gasteiger partial charge in [-0.25, -0.2) is 0 Å². The Morgan fingerprint density at radius 1 is 1.04 bits per heavy atom. The molecule has 1 N–H and O–H groups in total. The summed E-state index contributed by atoms with van der Waals surface area (Å²) >= 11 is 1.41. The minimum absolute atomic E-state index is 0.176. The van der Waals surface area contributed by atoms with Crippen LogP contribution >= 0.6 is 11.8 Å². The Balaban J connectivity index is 1.62. The van der Waals surface area contributed by atoms with Crippen molar-refractivity contribution in [2.75, 3.05) is 12.4 Å². The molecule has 1 saturated carbocycles. The summed E-state index contributed by atoms with van der Waals surface area (Å²) in [6.07, 6.45) is 8.19. The second kappa shape index (κ2) is 10.3. The maximum Gasteiger partial charge on any atom is 0.316 e. The molecule has 1 aliphatic rings. The zero-order valence-electron chi connectivity index (χ0n) is 13.5. The van der Waals surface area contributed by atoms with Gasteiger partial charge in [0.25, 0.3) is 5.91 Å². The number of benzene rings is 1. The number of hydrogen-bond acceptors (Lipinski definition) is 4. The second-order valence-corrected chi connectivity index (χ2v) is 6.92. The number of rotatable bonds is 6. The van der Waals surface area contributed by atoms with Crippen LogP contribution in [0.4, 0.5) is 0 Å². The van der Waals surface area contributed by atoms with Gasteiger partial charge in [0.1, 0.15) is 0 Å². The van der Waals surface area contributed by atoms with E-state index >= 15 is 0 Å². The Morgan fingerprint density at radius 2 is 1.70 bits per heavy atom. The summed E-state index contributed by atoms with van der Waals surface area (Å²) in [5.74, 6) is -0.318. The summed E-state index contributed by atoms with van der Waals surface area (Å²) in [5, 5.41) is 2.99. The van der Waals surface area contributed by atoms with Gasteiger partial charge in [-0.2, -0.15) is 0 Å². The van der Waals surface area contributed by atoms with Crippen molar-refractivity contribution in [3.63, 3.8) is 0 Å². The Morgan fingerprint density at radius 3 is 2.39 bits per heavy atom. The minimum Gasteiger partial charge on any atom is -0.455 e. The molecule has 2 rings (SSSR count). The number of thioether (sulfide) groups is 1. The molecule has 0 radical (unpaired) electrons. The summed E-state index contributed by atoms with van der Waals surface area (Å²) in [5.41, 5.74) is 0. The molecule has 0 saturated heterocycles. The molecule has 0 bridgehead atoms. The first-order valence-electron chi connectivity index (χ1n) is 8.37. The third kappa shape index (κ3) is 7.55. The average molecular weight is 335 g/mol. The van der Waals surface area contributed by atoms with Gasteiger partial charge in [0.15, 0.2) is 6.61 Å². The molecule has 0 atom stereocenters. The van der Waals surface area contributed by atoms with Gasteiger partial charge < -0.3 is 10.1 Å². The Labute approximate surface area is 142 Å². The van der Waals surface area contributed by atoms with E-state index in [0.29, 0.717) is 0 Å². The third-order valence-corrected chi connectivity index (χ3v) is 4.92. The molecule has 126 valence electrons. The van der Waals surface area contributed by atoms with Crippen LogP contribution in [-0.4, -0.2) is 30.3 Å². The molecule has 1 amide bonds. The monoisotopic (exact) mass is 335 g/mol. The minimum atomic E-state index is -0.355. The van der Waals surface area contributed by atoms with E-state index in [4.69, 9.17) is 4.74 Å². The lowest BCUT2D eigenvalue weighted by Gasteiger charge is -2.20. The van der Waals surface area contributed by atoms with Crippen molar-refractivity contribution in [1.29, 1.82) is 0 Å². The molecule has 0 unspecified atom stereocenters. The van der Waals surface area contributed by atoms with Crippen molar-refractivity contribution in [3.8, 4) is 0 Å². The van der Waals surface area contributed by atoms with Gasteiger partial charge in [0.2, 0.25) is 0 Å². The molecule has 0 spiro atoms. The fraction of sp³-hybridized carbons (Fsp3) is 0.556. The van der Waals surface area contributed by atoms with Gasteiger partial charge in [0, 0.05) is 10.9 Å². The maximum absolute atomic E-state index is 11.9. The topological polar surface area (TPSA) is 55.4 Å². The molecular formula is C18H25NO3S. The van der Waals surface area contributed by atoms with Crippen LogP contribution in [-0.2, 0) is 14.3 Å². The zero-order chi connectivity index (χ0) is 16.3. The first-order chi connectivity index (χ1) is 11.2. The van der Waals surface area contributed by atoms with E-state index in [-0.39, 0.29) is 30.3 Å². The standard InChI is InChI=1S/C18H25NO3S/c20-17(19-15-9-5-2-1-3-6-10-15)13-22-18(21)14-23-16-11-7-4-8-12-16/h4,7-8,11-12,15H,1-3,5-6,9-10,13-14H2,(H,19,20). The van der Waals surface area contributed by atoms with Crippen LogP contribution in [0.1, 0.15) is 44.9 Å². The van der Waals surface area contributed by atoms with Crippen LogP contribution in [0.25, 0.3) is 0 Å². The lowest BCUT2D eigenvalue weighted by atomic mass is 9.97. The molecule has 1 aromatic rings. The predicted molar refractivity (Wildman–Crippen MR) is 92.4 cm³/mol. The molecule has 23 heavy (non-hydrogen) atoms. The number of nitrogens with one attached hydrogen (secondary N) is 1. The number of carbonyl (C=O) groups is 2. The molecule has 1 aromatic carbocycles. The number of hydrogen-bond donors (Lipinski definition) is 1. The molecular weight excluding hydrogens is 310 g/mol. The molecule has 4 nitrogen and oxygen atoms in total. The number of ether oxygens (including phenoxy) is 1. The van der Waals surface area contributed by atoms with Crippen molar-refractivity contribution < 1.29 is 14.3 Å². The fourth-order valence-corrected chi connectivity index (χ4v) is 3.43. The highest BCUT2D eigenvalue weighted by Crippen LogP contribution is 2.18. The molecule has 1 fully saturated rings. The van der Waals surface area contributed by atoms with E-state index in [1.54, 1.807) is 0 Å². The van der Waals surface area contributed by atoms with Gasteiger partial charge in [-0.3, -0.25) is 9.59 Å². The van der Waals surface area contributed by atoms with E-state index in [2.05, 4.69) is 5.32 Å². The molecule has 0 heterocycles. The largest absolute Gasteiger partial charge is 0.455 e. The highest BCUT2D eigenvalue weighted by Gasteiger charge is 2.15. The molecule has 0 aromatic heterocycles. The van der Waals surface area contributed by atoms with Crippen molar-refractivity contribution in [1.82, 2.24) is 5.32 Å². The van der Waals surface area contributed by atoms with Crippen molar-refractivity contribution in [3.05, 3.63) is 30.3 Å².